The van der Waals surface area contributed by atoms with Crippen LogP contribution in [0, 0.1) is 4.84 Å². The van der Waals surface area contributed by atoms with E-state index in [9.17, 15) is 24.9 Å². The summed E-state index contributed by atoms with van der Waals surface area (Å²) in [6, 6.07) is 1.47. The molecule has 0 aliphatic heterocycles. The summed E-state index contributed by atoms with van der Waals surface area (Å²) in [5.41, 5.74) is -0.577. The van der Waals surface area contributed by atoms with E-state index >= 15 is 0 Å². The smallest absolute Gasteiger partial charge is 0.328 e. The second-order valence-electron chi connectivity index (χ2n) is 6.92. The standard InChI is InChI=1S/C17H16BrN7O7S/c18-9-5-24(16(30)19-14(9)29)3-7-4-25(23-20-7)6-10(26)11(27)12(28)13-8(1-2-31-13)15-21-22-17(33)32-15/h1-2,4-5,10-12,26-28H,3,6H2,(H,22,33)(H,19,29,30)/t10-,11-,12+/m1/s1. The normalized spacial score (nSPS) is 14.3. The molecule has 16 heteroatoms. The molecular weight excluding hydrogens is 526 g/mol. The van der Waals surface area contributed by atoms with Crippen LogP contribution in [0.5, 0.6) is 0 Å². The van der Waals surface area contributed by atoms with Gasteiger partial charge in [0.2, 0.25) is 5.89 Å². The lowest BCUT2D eigenvalue weighted by atomic mass is 10.0. The van der Waals surface area contributed by atoms with E-state index in [4.69, 9.17) is 21.1 Å². The summed E-state index contributed by atoms with van der Waals surface area (Å²) >= 11 is 7.87. The van der Waals surface area contributed by atoms with E-state index in [0.29, 0.717) is 5.69 Å². The van der Waals surface area contributed by atoms with Crippen molar-refractivity contribution in [3.63, 3.8) is 0 Å². The van der Waals surface area contributed by atoms with Crippen LogP contribution in [0.15, 0.2) is 47.6 Å². The molecule has 4 aromatic rings. The first-order chi connectivity index (χ1) is 15.7. The predicted molar refractivity (Wildman–Crippen MR) is 115 cm³/mol. The molecule has 0 radical (unpaired) electrons. The van der Waals surface area contributed by atoms with Crippen LogP contribution in [-0.4, -0.2) is 62.3 Å². The molecule has 0 amide bonds. The zero-order valence-corrected chi connectivity index (χ0v) is 18.9. The SMILES string of the molecule is O=c1[nH]c(=O)n(Cc2cn(C[C@@H](O)[C@@H](O)[C@H](O)c3occc3-c3n[nH]c(=S)o3)nn2)cc1Br. The Balaban J connectivity index is 1.44. The highest BCUT2D eigenvalue weighted by Crippen LogP contribution is 2.31. The summed E-state index contributed by atoms with van der Waals surface area (Å²) in [7, 11) is 0. The number of aliphatic hydroxyl groups excluding tert-OH is 3. The van der Waals surface area contributed by atoms with Gasteiger partial charge in [0.05, 0.1) is 35.6 Å². The monoisotopic (exact) mass is 541 g/mol. The van der Waals surface area contributed by atoms with Crippen molar-refractivity contribution in [1.29, 1.82) is 0 Å². The van der Waals surface area contributed by atoms with E-state index in [0.717, 1.165) is 0 Å². The number of aromatic nitrogens is 7. The number of H-pyrrole nitrogens is 2. The summed E-state index contributed by atoms with van der Waals surface area (Å²) in [6.07, 6.45) is -0.729. The molecule has 0 fully saturated rings. The maximum absolute atomic E-state index is 11.9. The van der Waals surface area contributed by atoms with Gasteiger partial charge in [0.25, 0.3) is 10.4 Å². The van der Waals surface area contributed by atoms with Gasteiger partial charge in [0, 0.05) is 6.20 Å². The fourth-order valence-corrected chi connectivity index (χ4v) is 3.48. The van der Waals surface area contributed by atoms with Crippen molar-refractivity contribution in [2.24, 2.45) is 0 Å². The average Bonchev–Trinajstić information content (AvgIpc) is 3.52. The van der Waals surface area contributed by atoms with Crippen molar-refractivity contribution < 1.29 is 24.2 Å². The molecule has 0 saturated heterocycles. The molecule has 5 N–H and O–H groups in total. The van der Waals surface area contributed by atoms with Crippen molar-refractivity contribution >= 4 is 28.1 Å². The third-order valence-corrected chi connectivity index (χ3v) is 5.35. The van der Waals surface area contributed by atoms with Gasteiger partial charge >= 0.3 is 5.69 Å². The third-order valence-electron chi connectivity index (χ3n) is 4.61. The minimum Gasteiger partial charge on any atom is -0.466 e. The molecule has 0 bridgehead atoms. The van der Waals surface area contributed by atoms with Gasteiger partial charge in [-0.15, -0.1) is 10.2 Å². The molecule has 0 aliphatic carbocycles. The lowest BCUT2D eigenvalue weighted by Gasteiger charge is -2.21. The lowest BCUT2D eigenvalue weighted by molar-refractivity contribution is -0.0737. The van der Waals surface area contributed by atoms with Crippen LogP contribution in [0.25, 0.3) is 11.5 Å². The third kappa shape index (κ3) is 4.93. The predicted octanol–water partition coefficient (Wildman–Crippen LogP) is -0.300. The molecular formula is C17H16BrN7O7S. The number of nitrogens with one attached hydrogen (secondary N) is 2. The first-order valence-corrected chi connectivity index (χ1v) is 10.5. The molecule has 0 aliphatic rings. The van der Waals surface area contributed by atoms with Crippen LogP contribution in [0.4, 0.5) is 0 Å². The minimum absolute atomic E-state index is 0.00323. The van der Waals surface area contributed by atoms with E-state index in [1.54, 1.807) is 0 Å². The van der Waals surface area contributed by atoms with Crippen LogP contribution in [0.3, 0.4) is 0 Å². The number of nitrogens with zero attached hydrogens (tertiary/aromatic N) is 5. The molecule has 14 nitrogen and oxygen atoms in total. The van der Waals surface area contributed by atoms with Crippen LogP contribution in [-0.2, 0) is 13.1 Å². The first kappa shape index (κ1) is 23.0. The second kappa shape index (κ2) is 9.36. The molecule has 4 rings (SSSR count). The Labute approximate surface area is 196 Å². The van der Waals surface area contributed by atoms with Gasteiger partial charge in [-0.25, -0.2) is 14.6 Å². The van der Waals surface area contributed by atoms with Gasteiger partial charge in [-0.3, -0.25) is 14.3 Å². The summed E-state index contributed by atoms with van der Waals surface area (Å²) in [5, 5.41) is 45.4. The molecule has 174 valence electrons. The summed E-state index contributed by atoms with van der Waals surface area (Å²) in [4.78, 5) is 25.5. The number of aromatic amines is 2. The molecule has 4 heterocycles. The Bertz CT molecular complexity index is 1430. The van der Waals surface area contributed by atoms with E-state index in [1.165, 1.54) is 34.0 Å². The van der Waals surface area contributed by atoms with E-state index in [-0.39, 0.29) is 39.6 Å². The number of rotatable bonds is 8. The Morgan fingerprint density at radius 2 is 2.03 bits per heavy atom. The quantitative estimate of drug-likeness (QED) is 0.183. The van der Waals surface area contributed by atoms with Crippen molar-refractivity contribution in [3.05, 3.63) is 66.3 Å². The van der Waals surface area contributed by atoms with Gasteiger partial charge < -0.3 is 24.2 Å². The maximum atomic E-state index is 11.9. The number of aliphatic hydroxyl groups is 3. The van der Waals surface area contributed by atoms with Gasteiger partial charge in [0.15, 0.2) is 0 Å². The zero-order chi connectivity index (χ0) is 23.7. The minimum atomic E-state index is -1.66. The molecule has 0 spiro atoms. The average molecular weight is 542 g/mol. The lowest BCUT2D eigenvalue weighted by Crippen LogP contribution is -2.35. The Morgan fingerprint density at radius 3 is 2.76 bits per heavy atom. The molecule has 3 atom stereocenters. The van der Waals surface area contributed by atoms with Crippen molar-refractivity contribution in [2.75, 3.05) is 0 Å². The molecule has 33 heavy (non-hydrogen) atoms. The van der Waals surface area contributed by atoms with Crippen molar-refractivity contribution in [3.8, 4) is 11.5 Å². The van der Waals surface area contributed by atoms with E-state index in [1.807, 2.05) is 0 Å². The molecule has 4 aromatic heterocycles. The van der Waals surface area contributed by atoms with Crippen molar-refractivity contribution in [2.45, 2.75) is 31.4 Å². The van der Waals surface area contributed by atoms with Gasteiger partial charge in [-0.1, -0.05) is 5.21 Å². The highest BCUT2D eigenvalue weighted by molar-refractivity contribution is 9.10. The summed E-state index contributed by atoms with van der Waals surface area (Å²) in [5.74, 6) is -0.0244. The van der Waals surface area contributed by atoms with Crippen LogP contribution in [0.2, 0.25) is 0 Å². The first-order valence-electron chi connectivity index (χ1n) is 9.28. The Morgan fingerprint density at radius 1 is 1.24 bits per heavy atom. The molecule has 0 saturated carbocycles. The molecule has 0 aromatic carbocycles. The largest absolute Gasteiger partial charge is 0.466 e. The highest BCUT2D eigenvalue weighted by atomic mass is 79.9. The van der Waals surface area contributed by atoms with Crippen LogP contribution >= 0.6 is 28.1 Å². The number of hydrogen-bond acceptors (Lipinski definition) is 11. The number of furan rings is 1. The zero-order valence-electron chi connectivity index (χ0n) is 16.5. The van der Waals surface area contributed by atoms with Crippen LogP contribution in [0.1, 0.15) is 17.6 Å². The Hall–Kier alpha value is -3.18. The Kier molecular flexibility index (Phi) is 6.52. The van der Waals surface area contributed by atoms with Crippen LogP contribution < -0.4 is 11.2 Å². The number of hydrogen-bond donors (Lipinski definition) is 5. The van der Waals surface area contributed by atoms with E-state index < -0.39 is 29.6 Å². The van der Waals surface area contributed by atoms with Gasteiger partial charge in [-0.2, -0.15) is 0 Å². The molecule has 0 unspecified atom stereocenters. The highest BCUT2D eigenvalue weighted by Gasteiger charge is 2.32. The van der Waals surface area contributed by atoms with Gasteiger partial charge in [0.1, 0.15) is 29.8 Å². The maximum Gasteiger partial charge on any atom is 0.328 e. The van der Waals surface area contributed by atoms with Crippen molar-refractivity contribution in [1.82, 2.24) is 34.7 Å². The second-order valence-corrected chi connectivity index (χ2v) is 8.14. The fraction of sp³-hybridized carbons (Fsp3) is 0.294. The number of halogens is 1. The topological polar surface area (TPSA) is 201 Å². The van der Waals surface area contributed by atoms with E-state index in [2.05, 4.69) is 41.4 Å². The summed E-state index contributed by atoms with van der Waals surface area (Å²) < 4.78 is 13.1. The summed E-state index contributed by atoms with van der Waals surface area (Å²) in [6.45, 7) is -0.224. The van der Waals surface area contributed by atoms with Gasteiger partial charge in [-0.05, 0) is 34.2 Å². The fourth-order valence-electron chi connectivity index (χ4n) is 3.01.